The number of benzene rings is 1. The van der Waals surface area contributed by atoms with Crippen LogP contribution in [-0.4, -0.2) is 19.2 Å². The van der Waals surface area contributed by atoms with Crippen LogP contribution in [0.4, 0.5) is 8.78 Å². The molecule has 0 saturated heterocycles. The zero-order chi connectivity index (χ0) is 12.7. The Balaban J connectivity index is 2.51. The molecule has 17 heavy (non-hydrogen) atoms. The molecular formula is C12H14F2N2O. The van der Waals surface area contributed by atoms with Crippen molar-refractivity contribution in [3.05, 3.63) is 29.8 Å². The van der Waals surface area contributed by atoms with Crippen molar-refractivity contribution in [1.29, 1.82) is 5.26 Å². The normalized spacial score (nSPS) is 11.9. The maximum atomic E-state index is 12.8. The molecule has 1 N–H and O–H groups in total. The Morgan fingerprint density at radius 2 is 2.00 bits per heavy atom. The smallest absolute Gasteiger partial charge is 0.130 e. The van der Waals surface area contributed by atoms with Crippen LogP contribution in [0.1, 0.15) is 13.3 Å². The Bertz CT molecular complexity index is 384. The van der Waals surface area contributed by atoms with E-state index < -0.39 is 17.7 Å². The van der Waals surface area contributed by atoms with Gasteiger partial charge in [0.15, 0.2) is 0 Å². The van der Waals surface area contributed by atoms with Gasteiger partial charge >= 0.3 is 0 Å². The van der Waals surface area contributed by atoms with Gasteiger partial charge in [-0.2, -0.15) is 5.26 Å². The first-order valence-corrected chi connectivity index (χ1v) is 5.37. The Labute approximate surface area is 99.0 Å². The van der Waals surface area contributed by atoms with E-state index in [9.17, 15) is 8.78 Å². The van der Waals surface area contributed by atoms with Crippen LogP contribution in [0.15, 0.2) is 18.2 Å². The van der Waals surface area contributed by atoms with Crippen molar-refractivity contribution in [3.63, 3.8) is 0 Å². The molecule has 0 heterocycles. The van der Waals surface area contributed by atoms with Gasteiger partial charge in [0.1, 0.15) is 30.0 Å². The largest absolute Gasteiger partial charge is 0.491 e. The van der Waals surface area contributed by atoms with E-state index in [1.807, 2.05) is 13.0 Å². The summed E-state index contributed by atoms with van der Waals surface area (Å²) in [6.07, 6.45) is 0.896. The average Bonchev–Trinajstić information content (AvgIpc) is 2.28. The number of nitrogens with one attached hydrogen (secondary N) is 1. The van der Waals surface area contributed by atoms with Crippen LogP contribution in [0.2, 0.25) is 0 Å². The molecule has 1 rings (SSSR count). The van der Waals surface area contributed by atoms with E-state index in [1.54, 1.807) is 0 Å². The average molecular weight is 240 g/mol. The van der Waals surface area contributed by atoms with E-state index in [0.29, 0.717) is 6.54 Å². The van der Waals surface area contributed by atoms with Gasteiger partial charge in [0.25, 0.3) is 0 Å². The quantitative estimate of drug-likeness (QED) is 0.829. The van der Waals surface area contributed by atoms with Gasteiger partial charge in [0, 0.05) is 18.2 Å². The lowest BCUT2D eigenvalue weighted by Gasteiger charge is -2.12. The lowest BCUT2D eigenvalue weighted by atomic mass is 10.3. The maximum Gasteiger partial charge on any atom is 0.130 e. The van der Waals surface area contributed by atoms with Crippen molar-refractivity contribution < 1.29 is 13.5 Å². The minimum absolute atomic E-state index is 0.0550. The number of ether oxygens (including phenoxy) is 1. The fourth-order valence-corrected chi connectivity index (χ4v) is 1.25. The van der Waals surface area contributed by atoms with Crippen molar-refractivity contribution >= 4 is 0 Å². The van der Waals surface area contributed by atoms with Gasteiger partial charge in [0.05, 0.1) is 6.07 Å². The first-order valence-electron chi connectivity index (χ1n) is 5.37. The molecule has 1 aromatic rings. The predicted octanol–water partition coefficient (Wildman–Crippen LogP) is 2.24. The summed E-state index contributed by atoms with van der Waals surface area (Å²) in [5.74, 6) is -1.31. The van der Waals surface area contributed by atoms with Gasteiger partial charge in [0.2, 0.25) is 0 Å². The van der Waals surface area contributed by atoms with Gasteiger partial charge < -0.3 is 4.74 Å². The van der Waals surface area contributed by atoms with Crippen LogP contribution in [0.3, 0.4) is 0 Å². The molecule has 92 valence electrons. The highest BCUT2D eigenvalue weighted by molar-refractivity contribution is 5.23. The van der Waals surface area contributed by atoms with E-state index in [4.69, 9.17) is 10.00 Å². The van der Waals surface area contributed by atoms with Gasteiger partial charge in [-0.25, -0.2) is 8.78 Å². The Morgan fingerprint density at radius 3 is 2.53 bits per heavy atom. The molecule has 1 atom stereocenters. The van der Waals surface area contributed by atoms with Gasteiger partial charge in [-0.15, -0.1) is 0 Å². The second-order valence-corrected chi connectivity index (χ2v) is 3.55. The molecular weight excluding hydrogens is 226 g/mol. The zero-order valence-corrected chi connectivity index (χ0v) is 9.54. The summed E-state index contributed by atoms with van der Waals surface area (Å²) >= 11 is 0. The number of nitriles is 1. The summed E-state index contributed by atoms with van der Waals surface area (Å²) in [6, 6.07) is 4.46. The molecule has 0 aromatic heterocycles. The molecule has 0 fully saturated rings. The third-order valence-electron chi connectivity index (χ3n) is 2.05. The van der Waals surface area contributed by atoms with Gasteiger partial charge in [-0.05, 0) is 13.0 Å². The van der Waals surface area contributed by atoms with Crippen molar-refractivity contribution in [2.75, 3.05) is 13.2 Å². The van der Waals surface area contributed by atoms with E-state index >= 15 is 0 Å². The molecule has 0 aliphatic heterocycles. The Hall–Kier alpha value is -1.67. The molecule has 0 saturated carbocycles. The molecule has 0 spiro atoms. The molecule has 0 bridgehead atoms. The summed E-state index contributed by atoms with van der Waals surface area (Å²) in [6.45, 7) is 2.72. The Morgan fingerprint density at radius 1 is 1.35 bits per heavy atom. The molecule has 0 aliphatic carbocycles. The molecule has 0 amide bonds. The highest BCUT2D eigenvalue weighted by atomic mass is 19.1. The highest BCUT2D eigenvalue weighted by Gasteiger charge is 2.08. The SMILES string of the molecule is CCCNC(C#N)COc1cc(F)cc(F)c1. The fourth-order valence-electron chi connectivity index (χ4n) is 1.25. The van der Waals surface area contributed by atoms with Crippen molar-refractivity contribution in [1.82, 2.24) is 5.32 Å². The fraction of sp³-hybridized carbons (Fsp3) is 0.417. The number of nitrogens with zero attached hydrogens (tertiary/aromatic N) is 1. The zero-order valence-electron chi connectivity index (χ0n) is 9.54. The van der Waals surface area contributed by atoms with Crippen molar-refractivity contribution in [3.8, 4) is 11.8 Å². The molecule has 3 nitrogen and oxygen atoms in total. The van der Waals surface area contributed by atoms with Crippen LogP contribution >= 0.6 is 0 Å². The Kier molecular flexibility index (Phi) is 5.37. The second kappa shape index (κ2) is 6.81. The van der Waals surface area contributed by atoms with Gasteiger partial charge in [-0.1, -0.05) is 6.92 Å². The number of hydrogen-bond donors (Lipinski definition) is 1. The molecule has 5 heteroatoms. The van der Waals surface area contributed by atoms with E-state index in [0.717, 1.165) is 24.6 Å². The van der Waals surface area contributed by atoms with Crippen molar-refractivity contribution in [2.45, 2.75) is 19.4 Å². The van der Waals surface area contributed by atoms with Crippen molar-refractivity contribution in [2.24, 2.45) is 0 Å². The second-order valence-electron chi connectivity index (χ2n) is 3.55. The van der Waals surface area contributed by atoms with Crippen LogP contribution in [0.25, 0.3) is 0 Å². The van der Waals surface area contributed by atoms with Gasteiger partial charge in [-0.3, -0.25) is 5.32 Å². The topological polar surface area (TPSA) is 45.0 Å². The standard InChI is InChI=1S/C12H14F2N2O/c1-2-3-16-11(7-15)8-17-12-5-9(13)4-10(14)6-12/h4-6,11,16H,2-3,8H2,1H3. The van der Waals surface area contributed by atoms with E-state index in [-0.39, 0.29) is 12.4 Å². The molecule has 1 unspecified atom stereocenters. The summed E-state index contributed by atoms with van der Waals surface area (Å²) in [7, 11) is 0. The minimum atomic E-state index is -0.699. The first-order chi connectivity index (χ1) is 8.15. The lowest BCUT2D eigenvalue weighted by Crippen LogP contribution is -2.33. The van der Waals surface area contributed by atoms with Crippen LogP contribution in [0.5, 0.6) is 5.75 Å². The molecule has 0 radical (unpaired) electrons. The number of hydrogen-bond acceptors (Lipinski definition) is 3. The lowest BCUT2D eigenvalue weighted by molar-refractivity contribution is 0.286. The summed E-state index contributed by atoms with van der Waals surface area (Å²) in [5, 5.41) is 11.7. The number of rotatable bonds is 6. The van der Waals surface area contributed by atoms with Crippen LogP contribution in [0, 0.1) is 23.0 Å². The summed E-state index contributed by atoms with van der Waals surface area (Å²) < 4.78 is 30.8. The van der Waals surface area contributed by atoms with Crippen LogP contribution in [-0.2, 0) is 0 Å². The predicted molar refractivity (Wildman–Crippen MR) is 59.5 cm³/mol. The van der Waals surface area contributed by atoms with E-state index in [1.165, 1.54) is 0 Å². The first kappa shape index (κ1) is 13.4. The number of halogens is 2. The third-order valence-corrected chi connectivity index (χ3v) is 2.05. The summed E-state index contributed by atoms with van der Waals surface area (Å²) in [5.41, 5.74) is 0. The summed E-state index contributed by atoms with van der Waals surface area (Å²) in [4.78, 5) is 0. The minimum Gasteiger partial charge on any atom is -0.491 e. The maximum absolute atomic E-state index is 12.8. The third kappa shape index (κ3) is 4.79. The highest BCUT2D eigenvalue weighted by Crippen LogP contribution is 2.15. The molecule has 1 aromatic carbocycles. The monoisotopic (exact) mass is 240 g/mol. The molecule has 0 aliphatic rings. The van der Waals surface area contributed by atoms with Crippen LogP contribution < -0.4 is 10.1 Å². The van der Waals surface area contributed by atoms with E-state index in [2.05, 4.69) is 5.32 Å².